The van der Waals surface area contributed by atoms with Crippen molar-refractivity contribution in [2.75, 3.05) is 31.6 Å². The maximum atomic E-state index is 13.7. The molecule has 3 rings (SSSR count). The highest BCUT2D eigenvalue weighted by Crippen LogP contribution is 2.27. The molecule has 2 aliphatic rings. The maximum absolute atomic E-state index is 13.7. The van der Waals surface area contributed by atoms with Gasteiger partial charge in [0.05, 0.1) is 5.92 Å². The molecule has 1 saturated heterocycles. The van der Waals surface area contributed by atoms with Crippen LogP contribution in [-0.4, -0.2) is 49.4 Å². The lowest BCUT2D eigenvalue weighted by atomic mass is 10.1. The Bertz CT molecular complexity index is 645. The molecule has 130 valence electrons. The lowest BCUT2D eigenvalue weighted by molar-refractivity contribution is -0.126. The number of anilines is 1. The summed E-state index contributed by atoms with van der Waals surface area (Å²) in [4.78, 5) is 28.2. The molecule has 0 aromatic heterocycles. The average molecular weight is 333 g/mol. The quantitative estimate of drug-likeness (QED) is 0.862. The second kappa shape index (κ2) is 6.89. The van der Waals surface area contributed by atoms with Crippen molar-refractivity contribution >= 4 is 17.5 Å². The molecular formula is C18H24FN3O2. The molecule has 0 bridgehead atoms. The van der Waals surface area contributed by atoms with Crippen molar-refractivity contribution in [2.24, 2.45) is 5.92 Å². The van der Waals surface area contributed by atoms with Crippen molar-refractivity contribution < 1.29 is 14.0 Å². The fourth-order valence-electron chi connectivity index (χ4n) is 3.08. The Morgan fingerprint density at radius 1 is 1.42 bits per heavy atom. The van der Waals surface area contributed by atoms with Crippen molar-refractivity contribution in [1.29, 1.82) is 0 Å². The summed E-state index contributed by atoms with van der Waals surface area (Å²) in [6.45, 7) is 3.41. The van der Waals surface area contributed by atoms with Crippen LogP contribution >= 0.6 is 0 Å². The van der Waals surface area contributed by atoms with Gasteiger partial charge in [-0.05, 0) is 44.5 Å². The third-order valence-corrected chi connectivity index (χ3v) is 4.90. The van der Waals surface area contributed by atoms with Crippen molar-refractivity contribution in [3.63, 3.8) is 0 Å². The van der Waals surface area contributed by atoms with E-state index in [9.17, 15) is 14.0 Å². The van der Waals surface area contributed by atoms with Gasteiger partial charge in [-0.2, -0.15) is 0 Å². The van der Waals surface area contributed by atoms with Gasteiger partial charge >= 0.3 is 0 Å². The molecule has 0 radical (unpaired) electrons. The number of likely N-dealkylation sites (N-methyl/N-ethyl adjacent to an activating group) is 1. The predicted octanol–water partition coefficient (Wildman–Crippen LogP) is 1.70. The first-order valence-electron chi connectivity index (χ1n) is 8.50. The fourth-order valence-corrected chi connectivity index (χ4v) is 3.08. The van der Waals surface area contributed by atoms with Gasteiger partial charge < -0.3 is 15.1 Å². The number of aryl methyl sites for hydroxylation is 1. The lowest BCUT2D eigenvalue weighted by Gasteiger charge is -2.18. The van der Waals surface area contributed by atoms with E-state index in [2.05, 4.69) is 17.3 Å². The molecule has 24 heavy (non-hydrogen) atoms. The van der Waals surface area contributed by atoms with Gasteiger partial charge in [-0.25, -0.2) is 4.39 Å². The van der Waals surface area contributed by atoms with Crippen LogP contribution in [0, 0.1) is 18.7 Å². The van der Waals surface area contributed by atoms with Gasteiger partial charge in [0, 0.05) is 37.8 Å². The largest absolute Gasteiger partial charge is 0.355 e. The van der Waals surface area contributed by atoms with E-state index in [0.29, 0.717) is 30.4 Å². The summed E-state index contributed by atoms with van der Waals surface area (Å²) in [6, 6.07) is 5.40. The highest BCUT2D eigenvalue weighted by molar-refractivity contribution is 6.00. The number of nitrogens with one attached hydrogen (secondary N) is 1. The van der Waals surface area contributed by atoms with E-state index >= 15 is 0 Å². The number of carbonyl (C=O) groups excluding carboxylic acids is 2. The molecule has 1 aromatic carbocycles. The molecule has 0 spiro atoms. The van der Waals surface area contributed by atoms with E-state index in [1.165, 1.54) is 23.8 Å². The van der Waals surface area contributed by atoms with Crippen LogP contribution in [0.3, 0.4) is 0 Å². The summed E-state index contributed by atoms with van der Waals surface area (Å²) in [7, 11) is 2.07. The molecule has 0 unspecified atom stereocenters. The van der Waals surface area contributed by atoms with Gasteiger partial charge in [0.25, 0.3) is 0 Å². The molecular weight excluding hydrogens is 309 g/mol. The van der Waals surface area contributed by atoms with E-state index in [0.717, 1.165) is 6.54 Å². The van der Waals surface area contributed by atoms with Crippen molar-refractivity contribution in [2.45, 2.75) is 32.2 Å². The molecule has 1 N–H and O–H groups in total. The van der Waals surface area contributed by atoms with Crippen LogP contribution in [0.25, 0.3) is 0 Å². The summed E-state index contributed by atoms with van der Waals surface area (Å²) >= 11 is 0. The van der Waals surface area contributed by atoms with E-state index < -0.39 is 0 Å². The maximum Gasteiger partial charge on any atom is 0.227 e. The van der Waals surface area contributed by atoms with Gasteiger partial charge in [-0.3, -0.25) is 9.59 Å². The Balaban J connectivity index is 1.53. The standard InChI is InChI=1S/C18H24FN3O2/c1-12-3-4-15(10-16(12)19)22-11-13(9-17(22)23)18(24)20-7-8-21(2)14-5-6-14/h3-4,10,13-14H,5-9,11H2,1-2H3,(H,20,24)/t13-/m0/s1. The normalized spacial score (nSPS) is 20.8. The summed E-state index contributed by atoms with van der Waals surface area (Å²) in [5, 5.41) is 2.92. The first kappa shape index (κ1) is 16.9. The third-order valence-electron chi connectivity index (χ3n) is 4.90. The molecule has 2 amide bonds. The van der Waals surface area contributed by atoms with Crippen LogP contribution in [0.4, 0.5) is 10.1 Å². The van der Waals surface area contributed by atoms with Crippen LogP contribution in [0.5, 0.6) is 0 Å². The highest BCUT2D eigenvalue weighted by Gasteiger charge is 2.35. The Kier molecular flexibility index (Phi) is 4.85. The average Bonchev–Trinajstić information content (AvgIpc) is 3.32. The minimum Gasteiger partial charge on any atom is -0.355 e. The van der Waals surface area contributed by atoms with Crippen LogP contribution in [0.1, 0.15) is 24.8 Å². The van der Waals surface area contributed by atoms with Crippen molar-refractivity contribution in [1.82, 2.24) is 10.2 Å². The molecule has 1 atom stereocenters. The Labute approximate surface area is 141 Å². The lowest BCUT2D eigenvalue weighted by Crippen LogP contribution is -2.38. The van der Waals surface area contributed by atoms with Gasteiger partial charge in [0.15, 0.2) is 0 Å². The SMILES string of the molecule is Cc1ccc(N2C[C@@H](C(=O)NCCN(C)C3CC3)CC2=O)cc1F. The highest BCUT2D eigenvalue weighted by atomic mass is 19.1. The zero-order valence-corrected chi connectivity index (χ0v) is 14.2. The van der Waals surface area contributed by atoms with Crippen molar-refractivity contribution in [3.05, 3.63) is 29.6 Å². The number of nitrogens with zero attached hydrogens (tertiary/aromatic N) is 2. The summed E-state index contributed by atoms with van der Waals surface area (Å²) in [5.74, 6) is -0.930. The second-order valence-corrected chi connectivity index (χ2v) is 6.84. The molecule has 1 aliphatic heterocycles. The van der Waals surface area contributed by atoms with E-state index in [-0.39, 0.29) is 30.0 Å². The molecule has 1 aliphatic carbocycles. The minimum absolute atomic E-state index is 0.0948. The summed E-state index contributed by atoms with van der Waals surface area (Å²) < 4.78 is 13.7. The van der Waals surface area contributed by atoms with E-state index in [1.54, 1.807) is 19.1 Å². The van der Waals surface area contributed by atoms with Gasteiger partial charge in [0.1, 0.15) is 5.82 Å². The molecule has 1 saturated carbocycles. The smallest absolute Gasteiger partial charge is 0.227 e. The number of carbonyl (C=O) groups is 2. The molecule has 1 heterocycles. The van der Waals surface area contributed by atoms with Gasteiger partial charge in [0.2, 0.25) is 11.8 Å². The zero-order chi connectivity index (χ0) is 17.3. The molecule has 5 nitrogen and oxygen atoms in total. The van der Waals surface area contributed by atoms with Crippen molar-refractivity contribution in [3.8, 4) is 0 Å². The number of hydrogen-bond donors (Lipinski definition) is 1. The summed E-state index contributed by atoms with van der Waals surface area (Å²) in [5.41, 5.74) is 1.06. The Morgan fingerprint density at radius 2 is 2.17 bits per heavy atom. The second-order valence-electron chi connectivity index (χ2n) is 6.84. The molecule has 1 aromatic rings. The number of benzene rings is 1. The Morgan fingerprint density at radius 3 is 2.83 bits per heavy atom. The topological polar surface area (TPSA) is 52.7 Å². The first-order chi connectivity index (χ1) is 11.5. The van der Waals surface area contributed by atoms with Crippen LogP contribution in [0.15, 0.2) is 18.2 Å². The fraction of sp³-hybridized carbons (Fsp3) is 0.556. The van der Waals surface area contributed by atoms with Crippen LogP contribution in [0.2, 0.25) is 0 Å². The van der Waals surface area contributed by atoms with Crippen LogP contribution < -0.4 is 10.2 Å². The predicted molar refractivity (Wildman–Crippen MR) is 90.3 cm³/mol. The number of hydrogen-bond acceptors (Lipinski definition) is 3. The number of rotatable bonds is 6. The van der Waals surface area contributed by atoms with Gasteiger partial charge in [-0.15, -0.1) is 0 Å². The third kappa shape index (κ3) is 3.75. The van der Waals surface area contributed by atoms with Gasteiger partial charge in [-0.1, -0.05) is 6.07 Å². The number of halogens is 1. The monoisotopic (exact) mass is 333 g/mol. The zero-order valence-electron chi connectivity index (χ0n) is 14.2. The first-order valence-corrected chi connectivity index (χ1v) is 8.50. The molecule has 2 fully saturated rings. The van der Waals surface area contributed by atoms with E-state index in [1.807, 2.05) is 0 Å². The van der Waals surface area contributed by atoms with Crippen LogP contribution in [-0.2, 0) is 9.59 Å². The minimum atomic E-state index is -0.368. The number of amides is 2. The Hall–Kier alpha value is -1.95. The molecule has 6 heteroatoms. The summed E-state index contributed by atoms with van der Waals surface area (Å²) in [6.07, 6.45) is 2.66. The van der Waals surface area contributed by atoms with E-state index in [4.69, 9.17) is 0 Å².